The van der Waals surface area contributed by atoms with Crippen molar-refractivity contribution in [1.82, 2.24) is 10.2 Å². The molecule has 3 aromatic rings. The van der Waals surface area contributed by atoms with Gasteiger partial charge in [0.2, 0.25) is 5.13 Å². The molecule has 0 spiro atoms. The first kappa shape index (κ1) is 16.2. The summed E-state index contributed by atoms with van der Waals surface area (Å²) >= 11 is 4.68. The molecule has 0 atom stereocenters. The zero-order valence-corrected chi connectivity index (χ0v) is 14.7. The second kappa shape index (κ2) is 8.24. The summed E-state index contributed by atoms with van der Waals surface area (Å²) in [5.41, 5.74) is 1.00. The molecule has 2 heterocycles. The van der Waals surface area contributed by atoms with Gasteiger partial charge in [-0.1, -0.05) is 47.4 Å². The normalized spacial score (nSPS) is 10.6. The zero-order chi connectivity index (χ0) is 15.9. The number of Topliss-reactive ketones (excluding diaryl/α,β-unsaturated/α-hetero) is 1. The SMILES string of the molecule is O=C(CCCSc1nnc(Nc2ccccc2)s1)c1cccs1. The van der Waals surface area contributed by atoms with Crippen LogP contribution in [-0.4, -0.2) is 21.7 Å². The maximum absolute atomic E-state index is 11.9. The Labute approximate surface area is 147 Å². The third-order valence-electron chi connectivity index (χ3n) is 3.00. The van der Waals surface area contributed by atoms with E-state index in [0.29, 0.717) is 6.42 Å². The molecule has 0 radical (unpaired) electrons. The van der Waals surface area contributed by atoms with Crippen molar-refractivity contribution >= 4 is 51.0 Å². The van der Waals surface area contributed by atoms with Crippen molar-refractivity contribution in [3.63, 3.8) is 0 Å². The van der Waals surface area contributed by atoms with Gasteiger partial charge in [0.25, 0.3) is 0 Å². The fourth-order valence-corrected chi connectivity index (χ4v) is 4.39. The Morgan fingerprint density at radius 2 is 2.00 bits per heavy atom. The Balaban J connectivity index is 1.42. The molecule has 118 valence electrons. The van der Waals surface area contributed by atoms with Gasteiger partial charge in [0, 0.05) is 17.9 Å². The van der Waals surface area contributed by atoms with Gasteiger partial charge in [0.1, 0.15) is 0 Å². The number of para-hydroxylation sites is 1. The third-order valence-corrected chi connectivity index (χ3v) is 5.97. The minimum absolute atomic E-state index is 0.226. The number of carbonyl (C=O) groups excluding carboxylic acids is 1. The lowest BCUT2D eigenvalue weighted by molar-refractivity contribution is 0.0986. The maximum Gasteiger partial charge on any atom is 0.210 e. The van der Waals surface area contributed by atoms with E-state index in [9.17, 15) is 4.79 Å². The van der Waals surface area contributed by atoms with E-state index in [-0.39, 0.29) is 5.78 Å². The monoisotopic (exact) mass is 361 g/mol. The number of carbonyl (C=O) groups is 1. The van der Waals surface area contributed by atoms with Crippen molar-refractivity contribution in [1.29, 1.82) is 0 Å². The average Bonchev–Trinajstić information content (AvgIpc) is 3.24. The minimum atomic E-state index is 0.226. The Bertz CT molecular complexity index is 741. The molecule has 2 aromatic heterocycles. The lowest BCUT2D eigenvalue weighted by Gasteiger charge is -1.99. The maximum atomic E-state index is 11.9. The van der Waals surface area contributed by atoms with Gasteiger partial charge in [0.15, 0.2) is 10.1 Å². The van der Waals surface area contributed by atoms with Crippen LogP contribution >= 0.6 is 34.4 Å². The number of anilines is 2. The van der Waals surface area contributed by atoms with Crippen LogP contribution in [0.25, 0.3) is 0 Å². The van der Waals surface area contributed by atoms with E-state index in [2.05, 4.69) is 15.5 Å². The smallest absolute Gasteiger partial charge is 0.210 e. The highest BCUT2D eigenvalue weighted by Crippen LogP contribution is 2.28. The van der Waals surface area contributed by atoms with Crippen molar-refractivity contribution in [2.75, 3.05) is 11.1 Å². The van der Waals surface area contributed by atoms with E-state index >= 15 is 0 Å². The molecule has 0 aliphatic carbocycles. The number of benzene rings is 1. The van der Waals surface area contributed by atoms with Crippen LogP contribution in [0.15, 0.2) is 52.2 Å². The fourth-order valence-electron chi connectivity index (χ4n) is 1.92. The molecule has 4 nitrogen and oxygen atoms in total. The molecule has 7 heteroatoms. The van der Waals surface area contributed by atoms with Gasteiger partial charge in [0.05, 0.1) is 4.88 Å². The largest absolute Gasteiger partial charge is 0.330 e. The topological polar surface area (TPSA) is 54.9 Å². The molecule has 0 amide bonds. The summed E-state index contributed by atoms with van der Waals surface area (Å²) in [7, 11) is 0. The molecule has 1 aromatic carbocycles. The first-order chi connectivity index (χ1) is 11.3. The quantitative estimate of drug-likeness (QED) is 0.344. The molecule has 1 N–H and O–H groups in total. The number of nitrogens with one attached hydrogen (secondary N) is 1. The molecule has 0 fully saturated rings. The van der Waals surface area contributed by atoms with Gasteiger partial charge in [-0.2, -0.15) is 0 Å². The molecule has 0 unspecified atom stereocenters. The van der Waals surface area contributed by atoms with Crippen LogP contribution in [0.2, 0.25) is 0 Å². The molecular weight excluding hydrogens is 346 g/mol. The Morgan fingerprint density at radius 1 is 1.13 bits per heavy atom. The summed E-state index contributed by atoms with van der Waals surface area (Å²) in [6, 6.07) is 13.7. The zero-order valence-electron chi connectivity index (χ0n) is 12.3. The number of rotatable bonds is 8. The number of ketones is 1. The number of thiophene rings is 1. The number of nitrogens with zero attached hydrogens (tertiary/aromatic N) is 2. The summed E-state index contributed by atoms with van der Waals surface area (Å²) < 4.78 is 0.923. The van der Waals surface area contributed by atoms with Gasteiger partial charge in [-0.3, -0.25) is 4.79 Å². The molecule has 0 saturated heterocycles. The van der Waals surface area contributed by atoms with Gasteiger partial charge in [-0.05, 0) is 30.0 Å². The molecule has 0 aliphatic rings. The van der Waals surface area contributed by atoms with E-state index in [1.807, 2.05) is 47.8 Å². The van der Waals surface area contributed by atoms with Gasteiger partial charge in [-0.15, -0.1) is 21.5 Å². The highest BCUT2D eigenvalue weighted by molar-refractivity contribution is 8.01. The first-order valence-corrected chi connectivity index (χ1v) is 9.84. The second-order valence-corrected chi connectivity index (χ2v) is 7.98. The standard InChI is InChI=1S/C16H15N3OS3/c20-13(14-9-5-10-21-14)8-4-11-22-16-19-18-15(23-16)17-12-6-2-1-3-7-12/h1-3,5-7,9-10H,4,8,11H2,(H,17,18). The molecule has 23 heavy (non-hydrogen) atoms. The summed E-state index contributed by atoms with van der Waals surface area (Å²) in [5.74, 6) is 1.10. The molecule has 0 saturated carbocycles. The van der Waals surface area contributed by atoms with Crippen LogP contribution in [0.5, 0.6) is 0 Å². The van der Waals surface area contributed by atoms with Crippen LogP contribution in [-0.2, 0) is 0 Å². The lowest BCUT2D eigenvalue weighted by Crippen LogP contribution is -1.96. The molecule has 0 aliphatic heterocycles. The van der Waals surface area contributed by atoms with Crippen LogP contribution < -0.4 is 5.32 Å². The number of hydrogen-bond donors (Lipinski definition) is 1. The Hall–Kier alpha value is -1.70. The summed E-state index contributed by atoms with van der Waals surface area (Å²) in [6.45, 7) is 0. The van der Waals surface area contributed by atoms with Crippen LogP contribution in [0.1, 0.15) is 22.5 Å². The van der Waals surface area contributed by atoms with E-state index in [1.54, 1.807) is 11.8 Å². The van der Waals surface area contributed by atoms with Crippen LogP contribution in [0.4, 0.5) is 10.8 Å². The summed E-state index contributed by atoms with van der Waals surface area (Å²) in [5, 5.41) is 14.3. The first-order valence-electron chi connectivity index (χ1n) is 7.16. The van der Waals surface area contributed by atoms with Crippen molar-refractivity contribution < 1.29 is 4.79 Å². The van der Waals surface area contributed by atoms with Crippen molar-refractivity contribution in [2.45, 2.75) is 17.2 Å². The van der Waals surface area contributed by atoms with Gasteiger partial charge < -0.3 is 5.32 Å². The van der Waals surface area contributed by atoms with Gasteiger partial charge >= 0.3 is 0 Å². The highest BCUT2D eigenvalue weighted by atomic mass is 32.2. The second-order valence-electron chi connectivity index (χ2n) is 4.72. The molecular formula is C16H15N3OS3. The van der Waals surface area contributed by atoms with Crippen molar-refractivity contribution in [3.05, 3.63) is 52.7 Å². The molecule has 3 rings (SSSR count). The lowest BCUT2D eigenvalue weighted by atomic mass is 10.2. The molecule has 0 bridgehead atoms. The number of aromatic nitrogens is 2. The van der Waals surface area contributed by atoms with Crippen LogP contribution in [0, 0.1) is 0 Å². The van der Waals surface area contributed by atoms with E-state index in [0.717, 1.165) is 32.2 Å². The minimum Gasteiger partial charge on any atom is -0.330 e. The van der Waals surface area contributed by atoms with E-state index in [1.165, 1.54) is 22.7 Å². The van der Waals surface area contributed by atoms with Crippen molar-refractivity contribution in [2.24, 2.45) is 0 Å². The van der Waals surface area contributed by atoms with Gasteiger partial charge in [-0.25, -0.2) is 0 Å². The Kier molecular flexibility index (Phi) is 5.79. The van der Waals surface area contributed by atoms with Crippen LogP contribution in [0.3, 0.4) is 0 Å². The predicted octanol–water partition coefficient (Wildman–Crippen LogP) is 5.10. The Morgan fingerprint density at radius 3 is 2.78 bits per heavy atom. The number of thioether (sulfide) groups is 1. The predicted molar refractivity (Wildman–Crippen MR) is 98.2 cm³/mol. The fraction of sp³-hybridized carbons (Fsp3) is 0.188. The van der Waals surface area contributed by atoms with E-state index in [4.69, 9.17) is 0 Å². The highest BCUT2D eigenvalue weighted by Gasteiger charge is 2.08. The van der Waals surface area contributed by atoms with Crippen molar-refractivity contribution in [3.8, 4) is 0 Å². The van der Waals surface area contributed by atoms with E-state index < -0.39 is 0 Å². The average molecular weight is 362 g/mol. The number of hydrogen-bond acceptors (Lipinski definition) is 7. The summed E-state index contributed by atoms with van der Waals surface area (Å²) in [6.07, 6.45) is 1.43. The summed E-state index contributed by atoms with van der Waals surface area (Å²) in [4.78, 5) is 12.7. The third kappa shape index (κ3) is 4.89.